The van der Waals surface area contributed by atoms with Gasteiger partial charge in [0, 0.05) is 42.7 Å². The van der Waals surface area contributed by atoms with Crippen LogP contribution in [0, 0.1) is 0 Å². The van der Waals surface area contributed by atoms with Crippen molar-refractivity contribution in [3.8, 4) is 0 Å². The van der Waals surface area contributed by atoms with Crippen LogP contribution in [0.5, 0.6) is 0 Å². The van der Waals surface area contributed by atoms with Gasteiger partial charge in [-0.25, -0.2) is 0 Å². The number of aliphatic imine (C=N–C) groups is 1. The van der Waals surface area contributed by atoms with Crippen molar-refractivity contribution >= 4 is 47.6 Å². The Hall–Kier alpha value is -0.960. The number of guanidine groups is 1. The number of carbonyl (C=O) groups excluding carboxylic acids is 1. The average molecular weight is 492 g/mol. The second-order valence-electron chi connectivity index (χ2n) is 5.70. The number of hydrogen-bond donors (Lipinski definition) is 2. The lowest BCUT2D eigenvalue weighted by Gasteiger charge is -2.19. The maximum Gasteiger partial charge on any atom is 0.224 e. The minimum atomic E-state index is 0. The van der Waals surface area contributed by atoms with Crippen LogP contribution < -0.4 is 10.6 Å². The van der Waals surface area contributed by atoms with Crippen LogP contribution in [0.1, 0.15) is 34.1 Å². The van der Waals surface area contributed by atoms with E-state index in [-0.39, 0.29) is 29.9 Å². The highest BCUT2D eigenvalue weighted by atomic mass is 127. The van der Waals surface area contributed by atoms with E-state index in [9.17, 15) is 4.79 Å². The van der Waals surface area contributed by atoms with Crippen molar-refractivity contribution in [3.63, 3.8) is 0 Å². The third kappa shape index (κ3) is 10.3. The first-order valence-electron chi connectivity index (χ1n) is 9.12. The van der Waals surface area contributed by atoms with Crippen LogP contribution in [-0.2, 0) is 4.79 Å². The van der Waals surface area contributed by atoms with Gasteiger partial charge in [0.25, 0.3) is 0 Å². The molecule has 0 aliphatic rings. The number of benzene rings is 1. The molecule has 0 heterocycles. The van der Waals surface area contributed by atoms with Crippen molar-refractivity contribution in [1.82, 2.24) is 15.5 Å². The van der Waals surface area contributed by atoms with Crippen molar-refractivity contribution < 1.29 is 4.79 Å². The molecule has 0 aromatic heterocycles. The summed E-state index contributed by atoms with van der Waals surface area (Å²) in [5, 5.41) is 6.88. The molecule has 0 saturated carbocycles. The van der Waals surface area contributed by atoms with E-state index in [4.69, 9.17) is 0 Å². The number of amides is 1. The van der Waals surface area contributed by atoms with E-state index >= 15 is 0 Å². The van der Waals surface area contributed by atoms with Crippen molar-refractivity contribution in [3.05, 3.63) is 30.3 Å². The molecule has 2 N–H and O–H groups in total. The van der Waals surface area contributed by atoms with E-state index < -0.39 is 0 Å². The lowest BCUT2D eigenvalue weighted by Crippen LogP contribution is -2.40. The Bertz CT molecular complexity index is 524. The van der Waals surface area contributed by atoms with Crippen LogP contribution in [0.4, 0.5) is 0 Å². The van der Waals surface area contributed by atoms with Gasteiger partial charge in [-0.1, -0.05) is 25.1 Å². The van der Waals surface area contributed by atoms with Crippen LogP contribution >= 0.6 is 35.7 Å². The zero-order chi connectivity index (χ0) is 18.5. The molecule has 0 spiro atoms. The SMILES string of the molecule is CCNC(=NCC(C)Sc1ccccc1)NCCC(=O)N(CC)CC.I. The van der Waals surface area contributed by atoms with Gasteiger partial charge >= 0.3 is 0 Å². The summed E-state index contributed by atoms with van der Waals surface area (Å²) in [5.41, 5.74) is 0. The van der Waals surface area contributed by atoms with Gasteiger partial charge in [0.05, 0.1) is 6.54 Å². The number of nitrogens with one attached hydrogen (secondary N) is 2. The van der Waals surface area contributed by atoms with Gasteiger partial charge in [-0.2, -0.15) is 0 Å². The molecule has 1 aromatic carbocycles. The summed E-state index contributed by atoms with van der Waals surface area (Å²) in [6.07, 6.45) is 0.487. The lowest BCUT2D eigenvalue weighted by molar-refractivity contribution is -0.130. The van der Waals surface area contributed by atoms with Gasteiger partial charge in [0.2, 0.25) is 5.91 Å². The maximum atomic E-state index is 12.0. The molecular formula is C19H33IN4OS. The van der Waals surface area contributed by atoms with Crippen molar-refractivity contribution in [2.75, 3.05) is 32.7 Å². The predicted molar refractivity (Wildman–Crippen MR) is 124 cm³/mol. The minimum absolute atomic E-state index is 0. The summed E-state index contributed by atoms with van der Waals surface area (Å²) in [4.78, 5) is 19.8. The van der Waals surface area contributed by atoms with Crippen LogP contribution in [0.25, 0.3) is 0 Å². The zero-order valence-corrected chi connectivity index (χ0v) is 19.5. The third-order valence-electron chi connectivity index (χ3n) is 3.68. The number of rotatable bonds is 10. The standard InChI is InChI=1S/C19H32N4OS.HI/c1-5-20-19(21-14-13-18(24)23(6-2)7-3)22-15-16(4)25-17-11-9-8-10-12-17;/h8-12,16H,5-7,13-15H2,1-4H3,(H2,20,21,22);1H. The summed E-state index contributed by atoms with van der Waals surface area (Å²) in [5.74, 6) is 0.955. The van der Waals surface area contributed by atoms with Crippen molar-refractivity contribution in [1.29, 1.82) is 0 Å². The fourth-order valence-corrected chi connectivity index (χ4v) is 3.28. The van der Waals surface area contributed by atoms with Crippen LogP contribution in [0.3, 0.4) is 0 Å². The summed E-state index contributed by atoms with van der Waals surface area (Å²) >= 11 is 1.82. The number of halogens is 1. The second kappa shape index (κ2) is 15.1. The molecule has 7 heteroatoms. The average Bonchev–Trinajstić information content (AvgIpc) is 2.61. The van der Waals surface area contributed by atoms with Gasteiger partial charge in [0.15, 0.2) is 5.96 Å². The van der Waals surface area contributed by atoms with Gasteiger partial charge in [-0.05, 0) is 32.9 Å². The molecule has 0 aliphatic heterocycles. The highest BCUT2D eigenvalue weighted by molar-refractivity contribution is 14.0. The summed E-state index contributed by atoms with van der Waals surface area (Å²) in [6.45, 7) is 11.9. The molecule has 1 rings (SSSR count). The zero-order valence-electron chi connectivity index (χ0n) is 16.3. The Morgan fingerprint density at radius 2 is 1.81 bits per heavy atom. The van der Waals surface area contributed by atoms with E-state index in [0.29, 0.717) is 18.2 Å². The Balaban J connectivity index is 0.00000625. The molecule has 26 heavy (non-hydrogen) atoms. The molecule has 0 radical (unpaired) electrons. The van der Waals surface area contributed by atoms with Crippen LogP contribution in [0.15, 0.2) is 40.2 Å². The lowest BCUT2D eigenvalue weighted by atomic mass is 10.3. The highest BCUT2D eigenvalue weighted by Crippen LogP contribution is 2.22. The van der Waals surface area contributed by atoms with E-state index in [1.54, 1.807) is 0 Å². The van der Waals surface area contributed by atoms with Crippen molar-refractivity contribution in [2.45, 2.75) is 44.3 Å². The molecule has 0 bridgehead atoms. The molecule has 1 amide bonds. The molecule has 5 nitrogen and oxygen atoms in total. The largest absolute Gasteiger partial charge is 0.357 e. The van der Waals surface area contributed by atoms with Gasteiger partial charge in [0.1, 0.15) is 0 Å². The second-order valence-corrected chi connectivity index (χ2v) is 7.22. The first-order chi connectivity index (χ1) is 12.1. The van der Waals surface area contributed by atoms with E-state index in [1.807, 2.05) is 43.5 Å². The minimum Gasteiger partial charge on any atom is -0.357 e. The van der Waals surface area contributed by atoms with Crippen LogP contribution in [-0.4, -0.2) is 54.7 Å². The smallest absolute Gasteiger partial charge is 0.224 e. The molecule has 148 valence electrons. The number of carbonyl (C=O) groups is 1. The monoisotopic (exact) mass is 492 g/mol. The van der Waals surface area contributed by atoms with E-state index in [2.05, 4.69) is 46.8 Å². The fourth-order valence-electron chi connectivity index (χ4n) is 2.35. The Kier molecular flexibility index (Phi) is 14.6. The third-order valence-corrected chi connectivity index (χ3v) is 4.77. The molecule has 0 aliphatic carbocycles. The van der Waals surface area contributed by atoms with E-state index in [0.717, 1.165) is 32.1 Å². The van der Waals surface area contributed by atoms with Crippen LogP contribution in [0.2, 0.25) is 0 Å². The van der Waals surface area contributed by atoms with Gasteiger partial charge in [-0.15, -0.1) is 35.7 Å². The number of thioether (sulfide) groups is 1. The normalized spacial score (nSPS) is 12.1. The molecule has 1 unspecified atom stereocenters. The van der Waals surface area contributed by atoms with E-state index in [1.165, 1.54) is 4.90 Å². The molecule has 1 atom stereocenters. The summed E-state index contributed by atoms with van der Waals surface area (Å²) < 4.78 is 0. The van der Waals surface area contributed by atoms with Gasteiger partial charge < -0.3 is 15.5 Å². The topological polar surface area (TPSA) is 56.7 Å². The Morgan fingerprint density at radius 3 is 2.38 bits per heavy atom. The first-order valence-corrected chi connectivity index (χ1v) is 10.00. The molecule has 0 fully saturated rings. The molecule has 1 aromatic rings. The highest BCUT2D eigenvalue weighted by Gasteiger charge is 2.09. The number of hydrogen-bond acceptors (Lipinski definition) is 3. The quantitative estimate of drug-likeness (QED) is 0.227. The summed E-state index contributed by atoms with van der Waals surface area (Å²) in [7, 11) is 0. The predicted octanol–water partition coefficient (Wildman–Crippen LogP) is 3.60. The van der Waals surface area contributed by atoms with Crippen molar-refractivity contribution in [2.24, 2.45) is 4.99 Å². The first kappa shape index (κ1) is 25.0. The molecule has 0 saturated heterocycles. The van der Waals surface area contributed by atoms with Gasteiger partial charge in [-0.3, -0.25) is 9.79 Å². The summed E-state index contributed by atoms with van der Waals surface area (Å²) in [6, 6.07) is 10.4. The Labute approximate surface area is 179 Å². The molecular weight excluding hydrogens is 459 g/mol. The Morgan fingerprint density at radius 1 is 1.15 bits per heavy atom. The fraction of sp³-hybridized carbons (Fsp3) is 0.579. The maximum absolute atomic E-state index is 12.0. The number of nitrogens with zero attached hydrogens (tertiary/aromatic N) is 2.